The highest BCUT2D eigenvalue weighted by Gasteiger charge is 2.46. The Bertz CT molecular complexity index is 1130. The first kappa shape index (κ1) is 27.0. The van der Waals surface area contributed by atoms with Gasteiger partial charge in [0.1, 0.15) is 17.3 Å². The number of aromatic nitrogens is 1. The molecule has 3 N–H and O–H groups in total. The summed E-state index contributed by atoms with van der Waals surface area (Å²) < 4.78 is 80.7. The van der Waals surface area contributed by atoms with Crippen LogP contribution in [0, 0.1) is 11.7 Å². The summed E-state index contributed by atoms with van der Waals surface area (Å²) in [4.78, 5) is 21.9. The first-order valence-corrected chi connectivity index (χ1v) is 11.0. The predicted molar refractivity (Wildman–Crippen MR) is 124 cm³/mol. The minimum Gasteiger partial charge on any atom is -0.394 e. The van der Waals surface area contributed by atoms with Crippen molar-refractivity contribution in [2.75, 3.05) is 25.5 Å². The third-order valence-electron chi connectivity index (χ3n) is 5.86. The molecule has 1 aliphatic heterocycles. The number of nitrogens with one attached hydrogen (secondary N) is 1. The Kier molecular flexibility index (Phi) is 7.95. The van der Waals surface area contributed by atoms with Crippen molar-refractivity contribution < 1.29 is 31.1 Å². The van der Waals surface area contributed by atoms with Crippen LogP contribution in [0.2, 0.25) is 0 Å². The van der Waals surface area contributed by atoms with E-state index < -0.39 is 54.3 Å². The van der Waals surface area contributed by atoms with Crippen LogP contribution in [0.15, 0.2) is 53.3 Å². The van der Waals surface area contributed by atoms with Crippen molar-refractivity contribution in [2.45, 2.75) is 31.5 Å². The van der Waals surface area contributed by atoms with Crippen molar-refractivity contribution in [1.82, 2.24) is 9.88 Å². The minimum absolute atomic E-state index is 0.0532. The average molecular weight is 513 g/mol. The zero-order chi connectivity index (χ0) is 26.7. The molecule has 1 fully saturated rings. The van der Waals surface area contributed by atoms with Crippen molar-refractivity contribution in [3.8, 4) is 0 Å². The molecular formula is C24H25F6N5O. The zero-order valence-electron chi connectivity index (χ0n) is 19.5. The Morgan fingerprint density at radius 2 is 1.92 bits per heavy atom. The van der Waals surface area contributed by atoms with Crippen molar-refractivity contribution in [2.24, 2.45) is 16.6 Å². The van der Waals surface area contributed by atoms with Gasteiger partial charge < -0.3 is 16.0 Å². The van der Waals surface area contributed by atoms with E-state index in [1.807, 2.05) is 0 Å². The number of allylic oxidation sites excluding steroid dienone is 1. The van der Waals surface area contributed by atoms with Crippen LogP contribution in [0.25, 0.3) is 5.57 Å². The SMILES string of the molecule is CN=CC(=C(N)C(=O)N1CC(F)(F)CC(C)C1CNc1ccc(C(F)(F)F)cn1)c1ccc(F)cc1. The van der Waals surface area contributed by atoms with Crippen molar-refractivity contribution >= 4 is 23.5 Å². The van der Waals surface area contributed by atoms with E-state index in [4.69, 9.17) is 5.73 Å². The summed E-state index contributed by atoms with van der Waals surface area (Å²) in [5, 5.41) is 2.82. The fourth-order valence-corrected chi connectivity index (χ4v) is 4.08. The van der Waals surface area contributed by atoms with Gasteiger partial charge >= 0.3 is 6.18 Å². The number of halogens is 6. The van der Waals surface area contributed by atoms with Crippen LogP contribution in [0.3, 0.4) is 0 Å². The average Bonchev–Trinajstić information content (AvgIpc) is 2.80. The molecule has 1 aliphatic rings. The Balaban J connectivity index is 1.89. The molecule has 1 aromatic carbocycles. The number of hydrogen-bond donors (Lipinski definition) is 2. The molecule has 1 aromatic heterocycles. The number of aliphatic imine (C=N–C) groups is 1. The molecule has 0 bridgehead atoms. The summed E-state index contributed by atoms with van der Waals surface area (Å²) in [5.74, 6) is -5.14. The number of rotatable bonds is 6. The van der Waals surface area contributed by atoms with Gasteiger partial charge in [0.15, 0.2) is 0 Å². The highest BCUT2D eigenvalue weighted by atomic mass is 19.4. The van der Waals surface area contributed by atoms with Crippen LogP contribution in [-0.4, -0.2) is 54.1 Å². The van der Waals surface area contributed by atoms with Crippen molar-refractivity contribution in [3.63, 3.8) is 0 Å². The lowest BCUT2D eigenvalue weighted by molar-refractivity contribution is -0.148. The van der Waals surface area contributed by atoms with Gasteiger partial charge in [-0.3, -0.25) is 9.79 Å². The molecule has 2 unspecified atom stereocenters. The molecular weight excluding hydrogens is 488 g/mol. The Labute approximate surface area is 203 Å². The third-order valence-corrected chi connectivity index (χ3v) is 5.86. The van der Waals surface area contributed by atoms with Crippen LogP contribution in [0.5, 0.6) is 0 Å². The van der Waals surface area contributed by atoms with Crippen molar-refractivity contribution in [1.29, 1.82) is 0 Å². The number of piperidine rings is 1. The molecule has 2 atom stereocenters. The molecule has 2 aromatic rings. The Hall–Kier alpha value is -3.57. The molecule has 2 heterocycles. The minimum atomic E-state index is -4.55. The fraction of sp³-hybridized carbons (Fsp3) is 0.375. The second-order valence-corrected chi connectivity index (χ2v) is 8.57. The maximum atomic E-state index is 14.5. The number of pyridine rings is 1. The molecule has 1 saturated heterocycles. The maximum Gasteiger partial charge on any atom is 0.417 e. The van der Waals surface area contributed by atoms with E-state index in [0.717, 1.165) is 29.2 Å². The molecule has 36 heavy (non-hydrogen) atoms. The monoisotopic (exact) mass is 513 g/mol. The molecule has 0 saturated carbocycles. The van der Waals surface area contributed by atoms with E-state index in [0.29, 0.717) is 11.8 Å². The number of hydrogen-bond acceptors (Lipinski definition) is 5. The van der Waals surface area contributed by atoms with E-state index in [1.54, 1.807) is 6.92 Å². The number of benzene rings is 1. The lowest BCUT2D eigenvalue weighted by Gasteiger charge is -2.43. The van der Waals surface area contributed by atoms with E-state index in [-0.39, 0.29) is 23.6 Å². The number of nitrogens with zero attached hydrogens (tertiary/aromatic N) is 3. The van der Waals surface area contributed by atoms with Crippen LogP contribution >= 0.6 is 0 Å². The molecule has 3 rings (SSSR count). The lowest BCUT2D eigenvalue weighted by atomic mass is 9.88. The molecule has 0 radical (unpaired) electrons. The van der Waals surface area contributed by atoms with Gasteiger partial charge in [-0.05, 0) is 35.7 Å². The standard InChI is InChI=1S/C24H25F6N5O/c1-14-9-23(26,27)13-35(19(14)12-34-20-8-5-16(10-33-20)24(28,29)30)22(36)21(31)18(11-32-2)15-3-6-17(25)7-4-15/h3-8,10-11,14,19H,9,12-13,31H2,1-2H3,(H,33,34). The largest absolute Gasteiger partial charge is 0.417 e. The summed E-state index contributed by atoms with van der Waals surface area (Å²) in [6, 6.07) is 6.29. The lowest BCUT2D eigenvalue weighted by Crippen LogP contribution is -2.58. The number of nitrogens with two attached hydrogens (primary N) is 1. The molecule has 0 spiro atoms. The topological polar surface area (TPSA) is 83.6 Å². The van der Waals surface area contributed by atoms with E-state index in [1.165, 1.54) is 25.4 Å². The van der Waals surface area contributed by atoms with Gasteiger partial charge in [-0.1, -0.05) is 19.1 Å². The van der Waals surface area contributed by atoms with Crippen molar-refractivity contribution in [3.05, 3.63) is 65.2 Å². The molecule has 194 valence electrons. The van der Waals surface area contributed by atoms with Gasteiger partial charge in [0.25, 0.3) is 11.8 Å². The zero-order valence-corrected chi connectivity index (χ0v) is 19.5. The Morgan fingerprint density at radius 1 is 1.25 bits per heavy atom. The summed E-state index contributed by atoms with van der Waals surface area (Å²) in [7, 11) is 1.43. The number of carbonyl (C=O) groups is 1. The van der Waals surface area contributed by atoms with Crippen LogP contribution in [-0.2, 0) is 11.0 Å². The van der Waals surface area contributed by atoms with E-state index in [9.17, 15) is 31.1 Å². The molecule has 1 amide bonds. The quantitative estimate of drug-likeness (QED) is 0.336. The third kappa shape index (κ3) is 6.35. The number of anilines is 1. The van der Waals surface area contributed by atoms with Gasteiger partial charge in [-0.15, -0.1) is 0 Å². The van der Waals surface area contributed by atoms with Gasteiger partial charge in [0.2, 0.25) is 0 Å². The summed E-state index contributed by atoms with van der Waals surface area (Å²) >= 11 is 0. The number of carbonyl (C=O) groups excluding carboxylic acids is 1. The predicted octanol–water partition coefficient (Wildman–Crippen LogP) is 4.59. The fourth-order valence-electron chi connectivity index (χ4n) is 4.08. The Morgan fingerprint density at radius 3 is 2.47 bits per heavy atom. The van der Waals surface area contributed by atoms with Gasteiger partial charge in [0.05, 0.1) is 18.2 Å². The molecule has 12 heteroatoms. The van der Waals surface area contributed by atoms with Gasteiger partial charge in [0, 0.05) is 38.0 Å². The highest BCUT2D eigenvalue weighted by molar-refractivity contribution is 6.18. The summed E-state index contributed by atoms with van der Waals surface area (Å²) in [6.45, 7) is 0.597. The normalized spacial score (nSPS) is 20.8. The van der Waals surface area contributed by atoms with Crippen LogP contribution < -0.4 is 11.1 Å². The highest BCUT2D eigenvalue weighted by Crippen LogP contribution is 2.35. The first-order chi connectivity index (χ1) is 16.8. The summed E-state index contributed by atoms with van der Waals surface area (Å²) in [6.07, 6.45) is -3.10. The van der Waals surface area contributed by atoms with E-state index >= 15 is 0 Å². The summed E-state index contributed by atoms with van der Waals surface area (Å²) in [5.41, 5.74) is 5.35. The number of amides is 1. The maximum absolute atomic E-state index is 14.5. The second kappa shape index (κ2) is 10.6. The first-order valence-electron chi connectivity index (χ1n) is 11.0. The smallest absolute Gasteiger partial charge is 0.394 e. The molecule has 0 aliphatic carbocycles. The van der Waals surface area contributed by atoms with Crippen LogP contribution in [0.1, 0.15) is 24.5 Å². The van der Waals surface area contributed by atoms with E-state index in [2.05, 4.69) is 15.3 Å². The van der Waals surface area contributed by atoms with Gasteiger partial charge in [-0.2, -0.15) is 13.2 Å². The van der Waals surface area contributed by atoms with Crippen LogP contribution in [0.4, 0.5) is 32.2 Å². The molecule has 6 nitrogen and oxygen atoms in total. The second-order valence-electron chi connectivity index (χ2n) is 8.57. The number of alkyl halides is 5. The van der Waals surface area contributed by atoms with Gasteiger partial charge in [-0.25, -0.2) is 18.2 Å². The number of likely N-dealkylation sites (tertiary alicyclic amines) is 1.